The van der Waals surface area contributed by atoms with Crippen molar-refractivity contribution >= 4 is 12.1 Å². The first-order valence-corrected chi connectivity index (χ1v) is 4.83. The minimum atomic E-state index is -0.148. The normalized spacial score (nSPS) is 15.7. The van der Waals surface area contributed by atoms with Gasteiger partial charge in [-0.05, 0) is 17.7 Å². The van der Waals surface area contributed by atoms with Crippen molar-refractivity contribution in [1.29, 1.82) is 0 Å². The number of urea groups is 1. The Labute approximate surface area is 88.5 Å². The van der Waals surface area contributed by atoms with Crippen LogP contribution in [0.5, 0.6) is 0 Å². The summed E-state index contributed by atoms with van der Waals surface area (Å²) in [6.45, 7) is 0.584. The SMILES string of the molecule is O=C1NCC=C(/C=C/c2ccccc2)N1. The molecule has 2 amide bonds. The first-order chi connectivity index (χ1) is 7.34. The number of rotatable bonds is 2. The van der Waals surface area contributed by atoms with Crippen LogP contribution in [0.15, 0.2) is 48.2 Å². The standard InChI is InChI=1S/C12H12N2O/c15-12-13-9-8-11(14-12)7-6-10-4-2-1-3-5-10/h1-8H,9H2,(H2,13,14,15)/b7-6+. The van der Waals surface area contributed by atoms with Crippen molar-refractivity contribution in [2.24, 2.45) is 0 Å². The van der Waals surface area contributed by atoms with Gasteiger partial charge in [-0.25, -0.2) is 4.79 Å². The van der Waals surface area contributed by atoms with Gasteiger partial charge in [0.2, 0.25) is 0 Å². The van der Waals surface area contributed by atoms with Crippen LogP contribution in [0, 0.1) is 0 Å². The summed E-state index contributed by atoms with van der Waals surface area (Å²) in [4.78, 5) is 11.0. The van der Waals surface area contributed by atoms with Crippen LogP contribution in [0.4, 0.5) is 4.79 Å². The highest BCUT2D eigenvalue weighted by atomic mass is 16.2. The zero-order valence-electron chi connectivity index (χ0n) is 8.23. The van der Waals surface area contributed by atoms with E-state index in [9.17, 15) is 4.79 Å². The smallest absolute Gasteiger partial charge is 0.319 e. The van der Waals surface area contributed by atoms with Crippen molar-refractivity contribution < 1.29 is 4.79 Å². The minimum Gasteiger partial charge on any atom is -0.334 e. The van der Waals surface area contributed by atoms with Gasteiger partial charge in [0.25, 0.3) is 0 Å². The number of benzene rings is 1. The molecule has 3 heteroatoms. The fourth-order valence-electron chi connectivity index (χ4n) is 1.34. The van der Waals surface area contributed by atoms with E-state index in [4.69, 9.17) is 0 Å². The Morgan fingerprint density at radius 3 is 2.67 bits per heavy atom. The predicted molar refractivity (Wildman–Crippen MR) is 60.1 cm³/mol. The molecular formula is C12H12N2O. The summed E-state index contributed by atoms with van der Waals surface area (Å²) < 4.78 is 0. The molecule has 76 valence electrons. The molecule has 1 aromatic rings. The van der Waals surface area contributed by atoms with Crippen LogP contribution in [-0.2, 0) is 0 Å². The number of allylic oxidation sites excluding steroid dienone is 1. The lowest BCUT2D eigenvalue weighted by Gasteiger charge is -2.12. The average molecular weight is 200 g/mol. The third kappa shape index (κ3) is 2.71. The molecule has 1 aliphatic rings. The zero-order valence-corrected chi connectivity index (χ0v) is 8.23. The lowest BCUT2D eigenvalue weighted by molar-refractivity contribution is 0.243. The number of hydrogen-bond donors (Lipinski definition) is 2. The van der Waals surface area contributed by atoms with Crippen molar-refractivity contribution in [2.45, 2.75) is 0 Å². The van der Waals surface area contributed by atoms with Gasteiger partial charge in [-0.15, -0.1) is 0 Å². The number of amides is 2. The molecule has 0 spiro atoms. The highest BCUT2D eigenvalue weighted by molar-refractivity contribution is 5.78. The number of hydrogen-bond acceptors (Lipinski definition) is 1. The maximum absolute atomic E-state index is 11.0. The van der Waals surface area contributed by atoms with E-state index in [0.29, 0.717) is 6.54 Å². The Morgan fingerprint density at radius 1 is 1.13 bits per heavy atom. The Hall–Kier alpha value is -2.03. The van der Waals surface area contributed by atoms with E-state index in [2.05, 4.69) is 10.6 Å². The highest BCUT2D eigenvalue weighted by Crippen LogP contribution is 2.04. The molecular weight excluding hydrogens is 188 g/mol. The molecule has 15 heavy (non-hydrogen) atoms. The quantitative estimate of drug-likeness (QED) is 0.752. The van der Waals surface area contributed by atoms with E-state index in [1.807, 2.05) is 48.6 Å². The van der Waals surface area contributed by atoms with Crippen molar-refractivity contribution in [2.75, 3.05) is 6.54 Å². The molecule has 2 rings (SSSR count). The second-order valence-electron chi connectivity index (χ2n) is 3.24. The number of carbonyl (C=O) groups excluding carboxylic acids is 1. The predicted octanol–water partition coefficient (Wildman–Crippen LogP) is 1.90. The summed E-state index contributed by atoms with van der Waals surface area (Å²) in [5, 5.41) is 5.36. The van der Waals surface area contributed by atoms with E-state index in [1.54, 1.807) is 0 Å². The minimum absolute atomic E-state index is 0.148. The maximum atomic E-state index is 11.0. The van der Waals surface area contributed by atoms with E-state index < -0.39 is 0 Å². The second-order valence-corrected chi connectivity index (χ2v) is 3.24. The molecule has 0 unspecified atom stereocenters. The van der Waals surface area contributed by atoms with Crippen LogP contribution in [-0.4, -0.2) is 12.6 Å². The number of carbonyl (C=O) groups is 1. The fraction of sp³-hybridized carbons (Fsp3) is 0.0833. The van der Waals surface area contributed by atoms with Gasteiger partial charge in [-0.2, -0.15) is 0 Å². The van der Waals surface area contributed by atoms with Crippen molar-refractivity contribution in [3.63, 3.8) is 0 Å². The summed E-state index contributed by atoms with van der Waals surface area (Å²) in [5.74, 6) is 0. The van der Waals surface area contributed by atoms with E-state index >= 15 is 0 Å². The van der Waals surface area contributed by atoms with Crippen LogP contribution in [0.1, 0.15) is 5.56 Å². The van der Waals surface area contributed by atoms with Crippen LogP contribution in [0.25, 0.3) is 6.08 Å². The van der Waals surface area contributed by atoms with Gasteiger partial charge in [0.05, 0.1) is 0 Å². The van der Waals surface area contributed by atoms with Crippen LogP contribution < -0.4 is 10.6 Å². The molecule has 1 aliphatic heterocycles. The molecule has 0 fully saturated rings. The molecule has 1 heterocycles. The van der Waals surface area contributed by atoms with Crippen molar-refractivity contribution in [1.82, 2.24) is 10.6 Å². The molecule has 0 saturated carbocycles. The monoisotopic (exact) mass is 200 g/mol. The summed E-state index contributed by atoms with van der Waals surface area (Å²) in [5.41, 5.74) is 1.95. The third-order valence-corrected chi connectivity index (χ3v) is 2.10. The van der Waals surface area contributed by atoms with Gasteiger partial charge in [0, 0.05) is 12.2 Å². The van der Waals surface area contributed by atoms with Gasteiger partial charge in [-0.1, -0.05) is 36.4 Å². The molecule has 0 radical (unpaired) electrons. The summed E-state index contributed by atoms with van der Waals surface area (Å²) in [6, 6.07) is 9.82. The van der Waals surface area contributed by atoms with Crippen molar-refractivity contribution in [3.05, 3.63) is 53.7 Å². The Bertz CT molecular complexity index is 407. The second kappa shape index (κ2) is 4.46. The molecule has 2 N–H and O–H groups in total. The highest BCUT2D eigenvalue weighted by Gasteiger charge is 2.04. The zero-order chi connectivity index (χ0) is 10.5. The van der Waals surface area contributed by atoms with Gasteiger partial charge in [0.1, 0.15) is 0 Å². The molecule has 0 atom stereocenters. The van der Waals surface area contributed by atoms with Gasteiger partial charge in [-0.3, -0.25) is 0 Å². The van der Waals surface area contributed by atoms with Gasteiger partial charge >= 0.3 is 6.03 Å². The maximum Gasteiger partial charge on any atom is 0.319 e. The first kappa shape index (κ1) is 9.52. The lowest BCUT2D eigenvalue weighted by atomic mass is 10.2. The average Bonchev–Trinajstić information content (AvgIpc) is 2.28. The molecule has 3 nitrogen and oxygen atoms in total. The topological polar surface area (TPSA) is 41.1 Å². The first-order valence-electron chi connectivity index (χ1n) is 4.83. The Morgan fingerprint density at radius 2 is 1.93 bits per heavy atom. The van der Waals surface area contributed by atoms with Crippen LogP contribution in [0.2, 0.25) is 0 Å². The molecule has 0 saturated heterocycles. The Kier molecular flexibility index (Phi) is 2.83. The molecule has 0 bridgehead atoms. The fourth-order valence-corrected chi connectivity index (χ4v) is 1.34. The summed E-state index contributed by atoms with van der Waals surface area (Å²) in [7, 11) is 0. The molecule has 0 aromatic heterocycles. The van der Waals surface area contributed by atoms with Crippen LogP contribution in [0.3, 0.4) is 0 Å². The largest absolute Gasteiger partial charge is 0.334 e. The van der Waals surface area contributed by atoms with E-state index in [-0.39, 0.29) is 6.03 Å². The van der Waals surface area contributed by atoms with Crippen LogP contribution >= 0.6 is 0 Å². The van der Waals surface area contributed by atoms with Gasteiger partial charge < -0.3 is 10.6 Å². The number of nitrogens with one attached hydrogen (secondary N) is 2. The van der Waals surface area contributed by atoms with Crippen molar-refractivity contribution in [3.8, 4) is 0 Å². The third-order valence-electron chi connectivity index (χ3n) is 2.10. The molecule has 1 aromatic carbocycles. The Balaban J connectivity index is 2.06. The summed E-state index contributed by atoms with van der Waals surface area (Å²) >= 11 is 0. The van der Waals surface area contributed by atoms with E-state index in [0.717, 1.165) is 11.3 Å². The van der Waals surface area contributed by atoms with E-state index in [1.165, 1.54) is 0 Å². The van der Waals surface area contributed by atoms with Gasteiger partial charge in [0.15, 0.2) is 0 Å². The lowest BCUT2D eigenvalue weighted by Crippen LogP contribution is -2.38. The summed E-state index contributed by atoms with van der Waals surface area (Å²) in [6.07, 6.45) is 5.80. The molecule has 0 aliphatic carbocycles.